The molecule has 6 heteroatoms. The lowest BCUT2D eigenvalue weighted by molar-refractivity contribution is 0.0697. The van der Waals surface area contributed by atoms with Gasteiger partial charge in [-0.05, 0) is 42.0 Å². The average molecular weight is 440 g/mol. The Hall–Kier alpha value is -3.90. The number of aromatic nitrogens is 3. The number of ether oxygens (including phenoxy) is 1. The summed E-state index contributed by atoms with van der Waals surface area (Å²) < 4.78 is 7.94. The summed E-state index contributed by atoms with van der Waals surface area (Å²) in [6.45, 7) is 4.87. The van der Waals surface area contributed by atoms with Gasteiger partial charge in [-0.25, -0.2) is 4.79 Å². The van der Waals surface area contributed by atoms with Crippen molar-refractivity contribution < 1.29 is 14.6 Å². The zero-order valence-electron chi connectivity index (χ0n) is 18.8. The number of aromatic amines is 1. The maximum Gasteiger partial charge on any atom is 0.335 e. The van der Waals surface area contributed by atoms with Crippen LogP contribution in [0.5, 0.6) is 0 Å². The Bertz CT molecular complexity index is 1460. The van der Waals surface area contributed by atoms with Gasteiger partial charge in [0, 0.05) is 40.2 Å². The molecule has 5 aromatic rings. The molecular weight excluding hydrogens is 414 g/mol. The lowest BCUT2D eigenvalue weighted by Gasteiger charge is -2.28. The average Bonchev–Trinajstić information content (AvgIpc) is 3.40. The number of aromatic carboxylic acids is 1. The second-order valence-electron chi connectivity index (χ2n) is 8.92. The summed E-state index contributed by atoms with van der Waals surface area (Å²) in [6, 6.07) is 21.6. The lowest BCUT2D eigenvalue weighted by Crippen LogP contribution is -2.27. The van der Waals surface area contributed by atoms with Gasteiger partial charge in [0.1, 0.15) is 0 Å². The molecule has 0 saturated carbocycles. The van der Waals surface area contributed by atoms with E-state index in [1.165, 1.54) is 0 Å². The zero-order valence-corrected chi connectivity index (χ0v) is 18.8. The number of carboxylic acids is 1. The smallest absolute Gasteiger partial charge is 0.335 e. The van der Waals surface area contributed by atoms with E-state index in [-0.39, 0.29) is 11.0 Å². The molecule has 0 unspecified atom stereocenters. The summed E-state index contributed by atoms with van der Waals surface area (Å²) in [5.74, 6) is -0.938. The molecule has 33 heavy (non-hydrogen) atoms. The van der Waals surface area contributed by atoms with E-state index in [1.54, 1.807) is 19.2 Å². The monoisotopic (exact) mass is 439 g/mol. The molecule has 0 saturated heterocycles. The number of fused-ring (bicyclic) bond motifs is 2. The van der Waals surface area contributed by atoms with Gasteiger partial charge in [-0.2, -0.15) is 5.10 Å². The quantitative estimate of drug-likeness (QED) is 0.351. The van der Waals surface area contributed by atoms with Gasteiger partial charge in [0.2, 0.25) is 0 Å². The molecule has 0 aliphatic rings. The van der Waals surface area contributed by atoms with Gasteiger partial charge in [0.25, 0.3) is 0 Å². The summed E-state index contributed by atoms with van der Waals surface area (Å²) >= 11 is 0. The third-order valence-corrected chi connectivity index (χ3v) is 6.11. The van der Waals surface area contributed by atoms with Gasteiger partial charge >= 0.3 is 5.97 Å². The van der Waals surface area contributed by atoms with Crippen molar-refractivity contribution in [3.63, 3.8) is 0 Å². The van der Waals surface area contributed by atoms with Crippen molar-refractivity contribution in [1.29, 1.82) is 0 Å². The molecule has 2 N–H and O–H groups in total. The number of methoxy groups -OCH3 is 1. The minimum Gasteiger partial charge on any atom is -0.478 e. The molecule has 0 aliphatic heterocycles. The predicted molar refractivity (Wildman–Crippen MR) is 130 cm³/mol. The number of nitrogens with zero attached hydrogens (tertiary/aromatic N) is 2. The molecule has 5 rings (SSSR count). The van der Waals surface area contributed by atoms with Crippen molar-refractivity contribution in [1.82, 2.24) is 14.8 Å². The van der Waals surface area contributed by atoms with Crippen LogP contribution in [0.2, 0.25) is 0 Å². The fourth-order valence-corrected chi connectivity index (χ4v) is 4.71. The van der Waals surface area contributed by atoms with Crippen LogP contribution < -0.4 is 0 Å². The number of H-pyrrole nitrogens is 1. The molecule has 0 spiro atoms. The first-order chi connectivity index (χ1) is 15.9. The summed E-state index contributed by atoms with van der Waals surface area (Å²) in [5.41, 5.74) is 6.11. The summed E-state index contributed by atoms with van der Waals surface area (Å²) in [5, 5.41) is 18.8. The number of hydrogen-bond acceptors (Lipinski definition) is 3. The molecule has 0 fully saturated rings. The van der Waals surface area contributed by atoms with Crippen molar-refractivity contribution in [2.45, 2.75) is 19.3 Å². The van der Waals surface area contributed by atoms with Crippen molar-refractivity contribution >= 4 is 27.8 Å². The predicted octanol–water partition coefficient (Wildman–Crippen LogP) is 5.80. The Labute approximate surface area is 191 Å². The highest BCUT2D eigenvalue weighted by Crippen LogP contribution is 2.44. The molecule has 0 aliphatic carbocycles. The van der Waals surface area contributed by atoms with Crippen molar-refractivity contribution in [2.24, 2.45) is 0 Å². The van der Waals surface area contributed by atoms with Crippen molar-refractivity contribution in [2.75, 3.05) is 13.7 Å². The normalized spacial score (nSPS) is 12.0. The van der Waals surface area contributed by atoms with E-state index in [0.29, 0.717) is 6.61 Å². The number of benzene rings is 3. The van der Waals surface area contributed by atoms with Crippen molar-refractivity contribution in [3.8, 4) is 16.8 Å². The molecule has 3 aromatic carbocycles. The molecule has 166 valence electrons. The van der Waals surface area contributed by atoms with E-state index in [2.05, 4.69) is 52.9 Å². The SMILES string of the molecule is COCC(C)(C)c1c(-c2ccc(C(=O)O)cc2)c2cc3[nH]ncc3cc2n1-c1ccccc1. The molecule has 0 atom stereocenters. The third kappa shape index (κ3) is 3.49. The Morgan fingerprint density at radius 3 is 2.48 bits per heavy atom. The number of carbonyl (C=O) groups is 1. The van der Waals surface area contributed by atoms with E-state index in [0.717, 1.165) is 44.3 Å². The summed E-state index contributed by atoms with van der Waals surface area (Å²) in [7, 11) is 1.72. The number of rotatable bonds is 6. The fraction of sp³-hybridized carbons (Fsp3) is 0.185. The van der Waals surface area contributed by atoms with Crippen LogP contribution in [-0.4, -0.2) is 39.6 Å². The van der Waals surface area contributed by atoms with Gasteiger partial charge in [-0.15, -0.1) is 0 Å². The standard InChI is InChI=1S/C27H25N3O3/c1-27(2,16-33-3)25-24(17-9-11-18(12-10-17)26(31)32)21-14-22-19(15-28-29-22)13-23(21)30(25)20-7-5-4-6-8-20/h4-15H,16H2,1-3H3,(H,28,29)(H,31,32). The molecule has 2 aromatic heterocycles. The van der Waals surface area contributed by atoms with E-state index in [1.807, 2.05) is 36.5 Å². The Kier molecular flexibility index (Phi) is 5.02. The van der Waals surface area contributed by atoms with Crippen LogP contribution in [0.15, 0.2) is 72.9 Å². The van der Waals surface area contributed by atoms with Crippen LogP contribution in [0.4, 0.5) is 0 Å². The van der Waals surface area contributed by atoms with Crippen molar-refractivity contribution in [3.05, 3.63) is 84.2 Å². The van der Waals surface area contributed by atoms with Crippen LogP contribution in [0, 0.1) is 0 Å². The maximum absolute atomic E-state index is 11.4. The van der Waals surface area contributed by atoms with Gasteiger partial charge in [0.15, 0.2) is 0 Å². The Morgan fingerprint density at radius 2 is 1.82 bits per heavy atom. The highest BCUT2D eigenvalue weighted by atomic mass is 16.5. The fourth-order valence-electron chi connectivity index (χ4n) is 4.71. The molecule has 0 bridgehead atoms. The molecule has 0 amide bonds. The number of hydrogen-bond donors (Lipinski definition) is 2. The van der Waals surface area contributed by atoms with E-state index in [4.69, 9.17) is 4.74 Å². The Balaban J connectivity index is 1.94. The minimum atomic E-state index is -0.938. The van der Waals surface area contributed by atoms with Gasteiger partial charge in [-0.1, -0.05) is 44.2 Å². The zero-order chi connectivity index (χ0) is 23.2. The van der Waals surface area contributed by atoms with Crippen LogP contribution in [0.25, 0.3) is 38.6 Å². The van der Waals surface area contributed by atoms with E-state index in [9.17, 15) is 9.90 Å². The maximum atomic E-state index is 11.4. The van der Waals surface area contributed by atoms with Crippen LogP contribution in [-0.2, 0) is 10.2 Å². The molecule has 2 heterocycles. The van der Waals surface area contributed by atoms with Crippen LogP contribution in [0.3, 0.4) is 0 Å². The summed E-state index contributed by atoms with van der Waals surface area (Å²) in [4.78, 5) is 11.4. The van der Waals surface area contributed by atoms with Gasteiger partial charge in [-0.3, -0.25) is 5.10 Å². The second-order valence-corrected chi connectivity index (χ2v) is 8.92. The van der Waals surface area contributed by atoms with Crippen LogP contribution in [0.1, 0.15) is 29.9 Å². The minimum absolute atomic E-state index is 0.263. The number of nitrogens with one attached hydrogen (secondary N) is 1. The largest absolute Gasteiger partial charge is 0.478 e. The number of carboxylic acid groups (broad SMARTS) is 1. The van der Waals surface area contributed by atoms with Gasteiger partial charge < -0.3 is 14.4 Å². The van der Waals surface area contributed by atoms with E-state index >= 15 is 0 Å². The molecule has 6 nitrogen and oxygen atoms in total. The van der Waals surface area contributed by atoms with E-state index < -0.39 is 5.97 Å². The van der Waals surface area contributed by atoms with Crippen LogP contribution >= 0.6 is 0 Å². The Morgan fingerprint density at radius 1 is 1.09 bits per heavy atom. The topological polar surface area (TPSA) is 80.1 Å². The third-order valence-electron chi connectivity index (χ3n) is 6.11. The molecule has 0 radical (unpaired) electrons. The highest BCUT2D eigenvalue weighted by Gasteiger charge is 2.32. The number of para-hydroxylation sites is 1. The highest BCUT2D eigenvalue weighted by molar-refractivity contribution is 6.06. The molecular formula is C27H25N3O3. The first kappa shape index (κ1) is 21.0. The lowest BCUT2D eigenvalue weighted by atomic mass is 9.84. The first-order valence-corrected chi connectivity index (χ1v) is 10.8. The second kappa shape index (κ2) is 7.90. The summed E-state index contributed by atoms with van der Waals surface area (Å²) in [6.07, 6.45) is 1.83. The first-order valence-electron chi connectivity index (χ1n) is 10.8. The van der Waals surface area contributed by atoms with Gasteiger partial charge in [0.05, 0.1) is 29.4 Å².